The Kier molecular flexibility index (Phi) is 33.1. The molecular formula is C18H32Cl2SiTi-4. The summed E-state index contributed by atoms with van der Waals surface area (Å²) in [7, 11) is 1.86. The fourth-order valence-electron chi connectivity index (χ4n) is 1.75. The van der Waals surface area contributed by atoms with Crippen molar-refractivity contribution in [2.45, 2.75) is 40.5 Å². The van der Waals surface area contributed by atoms with E-state index in [9.17, 15) is 0 Å². The Labute approximate surface area is 165 Å². The molecule has 4 heteroatoms. The van der Waals surface area contributed by atoms with Crippen LogP contribution in [-0.4, -0.2) is 7.63 Å². The van der Waals surface area contributed by atoms with Crippen molar-refractivity contribution in [1.29, 1.82) is 0 Å². The van der Waals surface area contributed by atoms with Gasteiger partial charge in [-0.05, 0) is 0 Å². The first-order chi connectivity index (χ1) is 8.65. The van der Waals surface area contributed by atoms with E-state index in [0.717, 1.165) is 12.8 Å². The average molecular weight is 395 g/mol. The first-order valence-corrected chi connectivity index (χ1v) is 10.6. The van der Waals surface area contributed by atoms with Gasteiger partial charge in [0.25, 0.3) is 0 Å². The van der Waals surface area contributed by atoms with Crippen molar-refractivity contribution in [3.63, 3.8) is 0 Å². The van der Waals surface area contributed by atoms with Gasteiger partial charge in [0, 0.05) is 0 Å². The second-order valence-electron chi connectivity index (χ2n) is 4.39. The van der Waals surface area contributed by atoms with E-state index >= 15 is 0 Å². The summed E-state index contributed by atoms with van der Waals surface area (Å²) in [6.07, 6.45) is 17.4. The number of allylic oxidation sites excluding steroid dienone is 8. The third kappa shape index (κ3) is 15.4. The molecule has 0 aromatic rings. The van der Waals surface area contributed by atoms with Crippen LogP contribution < -0.4 is 0 Å². The van der Waals surface area contributed by atoms with Crippen molar-refractivity contribution >= 4 is 32.4 Å². The summed E-state index contributed by atoms with van der Waals surface area (Å²) in [5.74, 6) is 1.12. The van der Waals surface area contributed by atoms with E-state index in [1.165, 1.54) is 11.1 Å². The first-order valence-electron chi connectivity index (χ1n) is 6.61. The molecule has 0 bridgehead atoms. The van der Waals surface area contributed by atoms with Crippen LogP contribution in [0.4, 0.5) is 0 Å². The van der Waals surface area contributed by atoms with E-state index in [4.69, 9.17) is 0 Å². The third-order valence-corrected chi connectivity index (χ3v) is 2.81. The molecule has 0 aliphatic heterocycles. The Morgan fingerprint density at radius 2 is 1.14 bits per heavy atom. The monoisotopic (exact) mass is 394 g/mol. The first kappa shape index (κ1) is 33.9. The van der Waals surface area contributed by atoms with Gasteiger partial charge < -0.3 is 14.9 Å². The van der Waals surface area contributed by atoms with Crippen LogP contribution in [0.1, 0.15) is 40.5 Å². The Morgan fingerprint density at radius 3 is 1.23 bits per heavy atom. The fraction of sp³-hybridized carbons (Fsp3) is 0.444. The van der Waals surface area contributed by atoms with Crippen molar-refractivity contribution in [3.8, 4) is 0 Å². The molecule has 0 heterocycles. The van der Waals surface area contributed by atoms with Gasteiger partial charge in [0.05, 0.1) is 0 Å². The molecule has 0 saturated heterocycles. The van der Waals surface area contributed by atoms with Crippen LogP contribution in [0.15, 0.2) is 35.5 Å². The zero-order valence-corrected chi connectivity index (χ0v) is 19.5. The molecule has 0 aromatic heterocycles. The number of halogens is 2. The van der Waals surface area contributed by atoms with Gasteiger partial charge in [-0.25, -0.2) is 23.3 Å². The molecule has 0 spiro atoms. The minimum absolute atomic E-state index is 0. The minimum atomic E-state index is 0. The number of rotatable bonds is 2. The van der Waals surface area contributed by atoms with Crippen LogP contribution in [-0.2, 0) is 19.2 Å². The summed E-state index contributed by atoms with van der Waals surface area (Å²) in [5.41, 5.74) is 2.86. The van der Waals surface area contributed by atoms with Gasteiger partial charge in [-0.1, -0.05) is 52.4 Å². The molecule has 0 amide bonds. The van der Waals surface area contributed by atoms with Crippen LogP contribution in [0.2, 0.25) is 0 Å². The normalized spacial score (nSPS) is 19.2. The Hall–Kier alpha value is 0.471. The van der Waals surface area contributed by atoms with Gasteiger partial charge in [-0.2, -0.15) is 12.2 Å². The van der Waals surface area contributed by atoms with Crippen molar-refractivity contribution in [2.24, 2.45) is 11.8 Å². The SMILES string of the molecule is CCC1=CC(C)[C-]=C1.CCC1=CC(C)[C-]=C1.Cl.Cl.[CH3-].[CH3-].[SiH2]=[Ti]. The Balaban J connectivity index is -0.0000000676. The zero-order valence-electron chi connectivity index (χ0n) is 14.9. The van der Waals surface area contributed by atoms with Gasteiger partial charge in [0.2, 0.25) is 0 Å². The summed E-state index contributed by atoms with van der Waals surface area (Å²) in [6.45, 7) is 8.64. The molecule has 0 aromatic carbocycles. The molecule has 2 rings (SSSR count). The molecule has 22 heavy (non-hydrogen) atoms. The van der Waals surface area contributed by atoms with E-state index in [1.807, 2.05) is 26.8 Å². The zero-order chi connectivity index (χ0) is 14.0. The van der Waals surface area contributed by atoms with Gasteiger partial charge in [0.15, 0.2) is 0 Å². The van der Waals surface area contributed by atoms with Crippen molar-refractivity contribution < 1.29 is 19.2 Å². The molecule has 130 valence electrons. The van der Waals surface area contributed by atoms with Gasteiger partial charge in [0.1, 0.15) is 0 Å². The van der Waals surface area contributed by atoms with E-state index in [0.29, 0.717) is 11.8 Å². The summed E-state index contributed by atoms with van der Waals surface area (Å²) in [5, 5.41) is 0. The number of hydrogen-bond acceptors (Lipinski definition) is 0. The van der Waals surface area contributed by atoms with Crippen molar-refractivity contribution in [3.05, 3.63) is 62.5 Å². The quantitative estimate of drug-likeness (QED) is 0.429. The molecule has 2 aliphatic rings. The second kappa shape index (κ2) is 21.5. The average Bonchev–Trinajstić information content (AvgIpc) is 3.01. The topological polar surface area (TPSA) is 0 Å². The van der Waals surface area contributed by atoms with Gasteiger partial charge >= 0.3 is 26.8 Å². The van der Waals surface area contributed by atoms with E-state index in [1.54, 1.807) is 0 Å². The van der Waals surface area contributed by atoms with Gasteiger partial charge in [-0.15, -0.1) is 24.8 Å². The van der Waals surface area contributed by atoms with Crippen LogP contribution in [0, 0.1) is 38.8 Å². The third-order valence-electron chi connectivity index (χ3n) is 2.81. The summed E-state index contributed by atoms with van der Waals surface area (Å²) >= 11 is 2.03. The van der Waals surface area contributed by atoms with E-state index in [2.05, 4.69) is 64.2 Å². The molecule has 0 N–H and O–H groups in total. The summed E-state index contributed by atoms with van der Waals surface area (Å²) in [4.78, 5) is 0. The van der Waals surface area contributed by atoms with E-state index in [-0.39, 0.29) is 39.7 Å². The maximum atomic E-state index is 3.20. The van der Waals surface area contributed by atoms with Crippen LogP contribution in [0.3, 0.4) is 0 Å². The molecule has 2 aliphatic carbocycles. The second-order valence-corrected chi connectivity index (χ2v) is 4.39. The molecule has 2 atom stereocenters. The van der Waals surface area contributed by atoms with E-state index < -0.39 is 0 Å². The molecule has 0 nitrogen and oxygen atoms in total. The van der Waals surface area contributed by atoms with Gasteiger partial charge in [-0.3, -0.25) is 12.2 Å². The molecule has 0 radical (unpaired) electrons. The van der Waals surface area contributed by atoms with Crippen LogP contribution in [0.5, 0.6) is 0 Å². The van der Waals surface area contributed by atoms with Crippen LogP contribution in [0.25, 0.3) is 0 Å². The molecule has 2 unspecified atom stereocenters. The Morgan fingerprint density at radius 1 is 0.864 bits per heavy atom. The summed E-state index contributed by atoms with van der Waals surface area (Å²) < 4.78 is 0. The molecule has 0 fully saturated rings. The van der Waals surface area contributed by atoms with Crippen molar-refractivity contribution in [1.82, 2.24) is 0 Å². The maximum absolute atomic E-state index is 3.20. The van der Waals surface area contributed by atoms with Crippen LogP contribution >= 0.6 is 24.8 Å². The Bertz CT molecular complexity index is 326. The predicted molar refractivity (Wildman–Crippen MR) is 107 cm³/mol. The molecule has 0 saturated carbocycles. The molecular weight excluding hydrogens is 363 g/mol. The number of hydrogen-bond donors (Lipinski definition) is 0. The predicted octanol–water partition coefficient (Wildman–Crippen LogP) is 5.49. The van der Waals surface area contributed by atoms with Crippen molar-refractivity contribution in [2.75, 3.05) is 0 Å². The standard InChI is InChI=1S/2C8H11.2CH3.2ClH.H2Si.Ti/c2*1-3-8-5-4-7(2)6-8;;;;;;/h2*5-7H,3H2,1-2H3;2*1H3;2*1H;1H2;/q4*-1;;;;. The fourth-order valence-corrected chi connectivity index (χ4v) is 1.75. The summed E-state index contributed by atoms with van der Waals surface area (Å²) in [6, 6.07) is 0.